The molecular formula is C15H14N2O4S. The molecule has 22 heavy (non-hydrogen) atoms. The minimum absolute atomic E-state index is 0.0623. The molecule has 1 N–H and O–H groups in total. The fraction of sp³-hybridized carbons (Fsp3) is 0.200. The number of nitriles is 1. The molecule has 2 rings (SSSR count). The Hall–Kier alpha value is -2.43. The lowest BCUT2D eigenvalue weighted by molar-refractivity contribution is -0.144. The Morgan fingerprint density at radius 3 is 2.64 bits per heavy atom. The Kier molecular flexibility index (Phi) is 4.75. The van der Waals surface area contributed by atoms with Gasteiger partial charge < -0.3 is 4.74 Å². The van der Waals surface area contributed by atoms with Gasteiger partial charge in [0.05, 0.1) is 4.90 Å². The highest BCUT2D eigenvalue weighted by Gasteiger charge is 2.17. The van der Waals surface area contributed by atoms with E-state index in [4.69, 9.17) is 5.26 Å². The Balaban J connectivity index is 2.12. The normalized spacial score (nSPS) is 12.5. The van der Waals surface area contributed by atoms with E-state index in [2.05, 4.69) is 9.46 Å². The van der Waals surface area contributed by atoms with Gasteiger partial charge in [0.2, 0.25) is 10.0 Å². The average molecular weight is 318 g/mol. The smallest absolute Gasteiger partial charge is 0.322 e. The van der Waals surface area contributed by atoms with Crippen molar-refractivity contribution in [1.82, 2.24) is 4.72 Å². The summed E-state index contributed by atoms with van der Waals surface area (Å²) < 4.78 is 31.1. The number of hydrogen-bond acceptors (Lipinski definition) is 5. The number of fused-ring (bicyclic) bond motifs is 1. The number of hydrogen-bond donors (Lipinski definition) is 1. The molecule has 6 nitrogen and oxygen atoms in total. The monoisotopic (exact) mass is 318 g/mol. The zero-order valence-corrected chi connectivity index (χ0v) is 12.6. The highest BCUT2D eigenvalue weighted by molar-refractivity contribution is 7.89. The second-order valence-corrected chi connectivity index (χ2v) is 6.36. The summed E-state index contributed by atoms with van der Waals surface area (Å²) >= 11 is 0. The van der Waals surface area contributed by atoms with Crippen LogP contribution in [-0.2, 0) is 19.6 Å². The zero-order chi connectivity index (χ0) is 16.2. The first-order valence-corrected chi connectivity index (χ1v) is 7.98. The maximum absolute atomic E-state index is 12.2. The number of nitrogens with zero attached hydrogens (tertiary/aromatic N) is 1. The number of carbonyl (C=O) groups is 1. The third-order valence-electron chi connectivity index (χ3n) is 2.93. The molecule has 1 atom stereocenters. The summed E-state index contributed by atoms with van der Waals surface area (Å²) in [6.45, 7) is 0.872. The molecule has 0 saturated heterocycles. The highest BCUT2D eigenvalue weighted by Crippen LogP contribution is 2.18. The number of benzene rings is 2. The van der Waals surface area contributed by atoms with Gasteiger partial charge >= 0.3 is 5.97 Å². The third-order valence-corrected chi connectivity index (χ3v) is 4.33. The largest absolute Gasteiger partial charge is 0.446 e. The average Bonchev–Trinajstić information content (AvgIpc) is 2.52. The van der Waals surface area contributed by atoms with Crippen molar-refractivity contribution in [3.63, 3.8) is 0 Å². The van der Waals surface area contributed by atoms with Crippen LogP contribution in [0.1, 0.15) is 6.92 Å². The highest BCUT2D eigenvalue weighted by atomic mass is 32.2. The fourth-order valence-corrected chi connectivity index (χ4v) is 2.84. The molecule has 114 valence electrons. The second-order valence-electron chi connectivity index (χ2n) is 4.59. The lowest BCUT2D eigenvalue weighted by atomic mass is 10.1. The SMILES string of the molecule is C[C@H](C#N)OC(=O)CNS(=O)(=O)c1ccc2ccccc2c1. The summed E-state index contributed by atoms with van der Waals surface area (Å²) in [6.07, 6.45) is -0.919. The van der Waals surface area contributed by atoms with Gasteiger partial charge in [-0.15, -0.1) is 0 Å². The summed E-state index contributed by atoms with van der Waals surface area (Å²) in [7, 11) is -3.82. The predicted molar refractivity (Wildman–Crippen MR) is 80.3 cm³/mol. The summed E-state index contributed by atoms with van der Waals surface area (Å²) in [4.78, 5) is 11.5. The molecule has 0 spiro atoms. The topological polar surface area (TPSA) is 96.3 Å². The summed E-state index contributed by atoms with van der Waals surface area (Å²) in [6, 6.07) is 13.8. The fourth-order valence-electron chi connectivity index (χ4n) is 1.84. The van der Waals surface area contributed by atoms with Crippen LogP contribution in [0, 0.1) is 11.3 Å². The maximum atomic E-state index is 12.2. The maximum Gasteiger partial charge on any atom is 0.322 e. The van der Waals surface area contributed by atoms with E-state index in [1.165, 1.54) is 19.1 Å². The molecule has 0 saturated carbocycles. The second kappa shape index (κ2) is 6.56. The van der Waals surface area contributed by atoms with Crippen molar-refractivity contribution in [2.45, 2.75) is 17.9 Å². The van der Waals surface area contributed by atoms with Gasteiger partial charge in [-0.25, -0.2) is 8.42 Å². The van der Waals surface area contributed by atoms with E-state index in [-0.39, 0.29) is 4.90 Å². The van der Waals surface area contributed by atoms with Gasteiger partial charge in [0.25, 0.3) is 0 Å². The molecule has 0 bridgehead atoms. The van der Waals surface area contributed by atoms with E-state index in [1.807, 2.05) is 18.2 Å². The molecule has 0 heterocycles. The summed E-state index contributed by atoms with van der Waals surface area (Å²) in [5, 5.41) is 10.2. The number of carbonyl (C=O) groups excluding carboxylic acids is 1. The lowest BCUT2D eigenvalue weighted by Gasteiger charge is -2.09. The van der Waals surface area contributed by atoms with Crippen LogP contribution in [0.3, 0.4) is 0 Å². The summed E-state index contributed by atoms with van der Waals surface area (Å²) in [5.74, 6) is -0.807. The van der Waals surface area contributed by atoms with E-state index in [9.17, 15) is 13.2 Å². The van der Waals surface area contributed by atoms with Crippen molar-refractivity contribution in [3.05, 3.63) is 42.5 Å². The van der Waals surface area contributed by atoms with Gasteiger partial charge in [0.1, 0.15) is 12.6 Å². The molecule has 0 fully saturated rings. The predicted octanol–water partition coefficient (Wildman–Crippen LogP) is 1.57. The number of sulfonamides is 1. The zero-order valence-electron chi connectivity index (χ0n) is 11.8. The van der Waals surface area contributed by atoms with E-state index in [0.29, 0.717) is 0 Å². The quantitative estimate of drug-likeness (QED) is 0.844. The Morgan fingerprint density at radius 2 is 1.95 bits per heavy atom. The minimum Gasteiger partial charge on any atom is -0.446 e. The van der Waals surface area contributed by atoms with Crippen LogP contribution < -0.4 is 4.72 Å². The molecule has 0 aromatic heterocycles. The van der Waals surface area contributed by atoms with Crippen molar-refractivity contribution in [1.29, 1.82) is 5.26 Å². The van der Waals surface area contributed by atoms with Crippen molar-refractivity contribution in [2.75, 3.05) is 6.54 Å². The van der Waals surface area contributed by atoms with Gasteiger partial charge in [0.15, 0.2) is 6.10 Å². The lowest BCUT2D eigenvalue weighted by Crippen LogP contribution is -2.32. The van der Waals surface area contributed by atoms with Crippen LogP contribution in [-0.4, -0.2) is 27.0 Å². The van der Waals surface area contributed by atoms with E-state index < -0.39 is 28.6 Å². The molecule has 0 aliphatic rings. The van der Waals surface area contributed by atoms with E-state index >= 15 is 0 Å². The van der Waals surface area contributed by atoms with Crippen LogP contribution in [0.25, 0.3) is 10.8 Å². The van der Waals surface area contributed by atoms with Crippen LogP contribution in [0.15, 0.2) is 47.4 Å². The molecule has 0 unspecified atom stereocenters. The number of esters is 1. The molecule has 0 radical (unpaired) electrons. The first-order chi connectivity index (χ1) is 10.4. The third kappa shape index (κ3) is 3.81. The van der Waals surface area contributed by atoms with Crippen LogP contribution in [0.5, 0.6) is 0 Å². The number of ether oxygens (including phenoxy) is 1. The molecule has 7 heteroatoms. The summed E-state index contributed by atoms with van der Waals surface area (Å²) in [5.41, 5.74) is 0. The first-order valence-electron chi connectivity index (χ1n) is 6.50. The molecule has 2 aromatic rings. The molecule has 0 amide bonds. The van der Waals surface area contributed by atoms with Gasteiger partial charge in [-0.2, -0.15) is 9.98 Å². The van der Waals surface area contributed by atoms with Gasteiger partial charge in [-0.1, -0.05) is 30.3 Å². The molecular weight excluding hydrogens is 304 g/mol. The van der Waals surface area contributed by atoms with Crippen molar-refractivity contribution in [2.24, 2.45) is 0 Å². The van der Waals surface area contributed by atoms with Gasteiger partial charge in [-0.05, 0) is 29.8 Å². The number of rotatable bonds is 5. The van der Waals surface area contributed by atoms with Gasteiger partial charge in [0, 0.05) is 0 Å². The Morgan fingerprint density at radius 1 is 1.27 bits per heavy atom. The van der Waals surface area contributed by atoms with E-state index in [0.717, 1.165) is 10.8 Å². The van der Waals surface area contributed by atoms with Crippen LogP contribution in [0.2, 0.25) is 0 Å². The van der Waals surface area contributed by atoms with Crippen molar-refractivity contribution < 1.29 is 17.9 Å². The van der Waals surface area contributed by atoms with Crippen LogP contribution >= 0.6 is 0 Å². The molecule has 0 aliphatic heterocycles. The Labute approximate surface area is 128 Å². The standard InChI is InChI=1S/C15H14N2O4S/c1-11(9-16)21-15(18)10-17-22(19,20)14-7-6-12-4-2-3-5-13(12)8-14/h2-8,11,17H,10H2,1H3/t11-/m1/s1. The first kappa shape index (κ1) is 15.9. The van der Waals surface area contributed by atoms with Gasteiger partial charge in [-0.3, -0.25) is 4.79 Å². The van der Waals surface area contributed by atoms with E-state index in [1.54, 1.807) is 18.2 Å². The van der Waals surface area contributed by atoms with Crippen LogP contribution in [0.4, 0.5) is 0 Å². The van der Waals surface area contributed by atoms with Crippen molar-refractivity contribution in [3.8, 4) is 6.07 Å². The van der Waals surface area contributed by atoms with Crippen molar-refractivity contribution >= 4 is 26.8 Å². The molecule has 2 aromatic carbocycles. The Bertz CT molecular complexity index is 840. The number of nitrogens with one attached hydrogen (secondary N) is 1. The molecule has 0 aliphatic carbocycles. The minimum atomic E-state index is -3.82.